The van der Waals surface area contributed by atoms with Crippen molar-refractivity contribution in [1.82, 2.24) is 0 Å². The van der Waals surface area contributed by atoms with Gasteiger partial charge >= 0.3 is 0 Å². The maximum Gasteiger partial charge on any atom is -0.00601 e. The smallest absolute Gasteiger partial charge is 0.00601 e. The summed E-state index contributed by atoms with van der Waals surface area (Å²) in [6, 6.07) is 0. The molecule has 0 N–H and O–H groups in total. The van der Waals surface area contributed by atoms with Gasteiger partial charge in [-0.1, -0.05) is 18.6 Å². The number of hydrogen-bond acceptors (Lipinski definition) is 1. The fourth-order valence-corrected chi connectivity index (χ4v) is 1.35. The number of hydrogen-bond donors (Lipinski definition) is 1. The lowest BCUT2D eigenvalue weighted by Crippen LogP contribution is -1.80. The summed E-state index contributed by atoms with van der Waals surface area (Å²) in [4.78, 5) is 0. The number of unbranched alkanes of at least 4 members (excludes halogenated alkanes) is 2. The van der Waals surface area contributed by atoms with Crippen molar-refractivity contribution in [2.24, 2.45) is 0 Å². The molecule has 0 heterocycles. The van der Waals surface area contributed by atoms with E-state index in [-0.39, 0.29) is 0 Å². The normalized spacial score (nSPS) is 14.1. The van der Waals surface area contributed by atoms with Gasteiger partial charge in [0.1, 0.15) is 0 Å². The van der Waals surface area contributed by atoms with Gasteiger partial charge in [-0.05, 0) is 36.7 Å². The summed E-state index contributed by atoms with van der Waals surface area (Å²) in [5, 5.41) is 0. The Kier molecular flexibility index (Phi) is 4.18. The molecular weight excluding hydrogens is 152 g/mol. The van der Waals surface area contributed by atoms with Crippen molar-refractivity contribution in [2.75, 3.05) is 5.75 Å². The van der Waals surface area contributed by atoms with Crippen LogP contribution in [0.25, 0.3) is 0 Å². The van der Waals surface area contributed by atoms with Crippen molar-refractivity contribution in [3.63, 3.8) is 0 Å². The highest BCUT2D eigenvalue weighted by atomic mass is 32.1. The first-order valence-corrected chi connectivity index (χ1v) is 4.80. The first-order valence-electron chi connectivity index (χ1n) is 4.16. The second kappa shape index (κ2) is 5.29. The predicted octanol–water partition coefficient (Wildman–Crippen LogP) is 3.13. The lowest BCUT2D eigenvalue weighted by Gasteiger charge is -1.96. The van der Waals surface area contributed by atoms with E-state index in [1.807, 2.05) is 12.2 Å². The van der Waals surface area contributed by atoms with Gasteiger partial charge in [-0.3, -0.25) is 0 Å². The van der Waals surface area contributed by atoms with Crippen LogP contribution in [0.5, 0.6) is 0 Å². The minimum Gasteiger partial charge on any atom is -0.179 e. The van der Waals surface area contributed by atoms with Crippen LogP contribution in [0.15, 0.2) is 29.5 Å². The molecule has 0 nitrogen and oxygen atoms in total. The maximum atomic E-state index is 4.16. The fourth-order valence-electron chi connectivity index (χ4n) is 1.13. The summed E-state index contributed by atoms with van der Waals surface area (Å²) >= 11 is 4.16. The Morgan fingerprint density at radius 2 is 2.18 bits per heavy atom. The van der Waals surface area contributed by atoms with Crippen LogP contribution in [0.4, 0.5) is 0 Å². The molecule has 60 valence electrons. The molecule has 0 saturated carbocycles. The third-order valence-electron chi connectivity index (χ3n) is 1.77. The molecule has 0 bridgehead atoms. The van der Waals surface area contributed by atoms with E-state index < -0.39 is 0 Å². The summed E-state index contributed by atoms with van der Waals surface area (Å²) in [7, 11) is 0. The quantitative estimate of drug-likeness (QED) is 0.362. The molecule has 1 aliphatic carbocycles. The van der Waals surface area contributed by atoms with E-state index in [0.717, 1.165) is 5.75 Å². The van der Waals surface area contributed by atoms with Crippen LogP contribution in [0, 0.1) is 0 Å². The van der Waals surface area contributed by atoms with Gasteiger partial charge in [0.05, 0.1) is 0 Å². The Morgan fingerprint density at radius 1 is 1.27 bits per heavy atom. The number of rotatable bonds is 5. The molecule has 1 heteroatoms. The third-order valence-corrected chi connectivity index (χ3v) is 2.08. The summed E-state index contributed by atoms with van der Waals surface area (Å²) in [5.41, 5.74) is 4.55. The number of thiol groups is 1. The molecule has 0 amide bonds. The SMILES string of the molecule is SCCCCCC1=C=CC=C1. The Morgan fingerprint density at radius 3 is 2.82 bits per heavy atom. The molecule has 0 aromatic heterocycles. The van der Waals surface area contributed by atoms with Gasteiger partial charge in [0.2, 0.25) is 0 Å². The summed E-state index contributed by atoms with van der Waals surface area (Å²) in [6.07, 6.45) is 11.2. The molecule has 0 atom stereocenters. The monoisotopic (exact) mass is 166 g/mol. The van der Waals surface area contributed by atoms with Gasteiger partial charge < -0.3 is 0 Å². The van der Waals surface area contributed by atoms with Crippen molar-refractivity contribution < 1.29 is 0 Å². The van der Waals surface area contributed by atoms with E-state index >= 15 is 0 Å². The molecule has 0 spiro atoms. The van der Waals surface area contributed by atoms with Crippen molar-refractivity contribution in [1.29, 1.82) is 0 Å². The largest absolute Gasteiger partial charge is 0.179 e. The predicted molar refractivity (Wildman–Crippen MR) is 53.1 cm³/mol. The van der Waals surface area contributed by atoms with Gasteiger partial charge in [-0.2, -0.15) is 12.6 Å². The average molecular weight is 166 g/mol. The van der Waals surface area contributed by atoms with Crippen LogP contribution < -0.4 is 0 Å². The molecule has 1 aliphatic rings. The van der Waals surface area contributed by atoms with Crippen LogP contribution in [0.1, 0.15) is 25.7 Å². The molecule has 0 aromatic rings. The molecule has 1 rings (SSSR count). The molecule has 0 saturated heterocycles. The zero-order valence-electron chi connectivity index (χ0n) is 6.71. The molecule has 0 radical (unpaired) electrons. The highest BCUT2D eigenvalue weighted by Gasteiger charge is 1.93. The van der Waals surface area contributed by atoms with Gasteiger partial charge in [0.25, 0.3) is 0 Å². The van der Waals surface area contributed by atoms with Crippen molar-refractivity contribution in [3.8, 4) is 0 Å². The molecule has 0 unspecified atom stereocenters. The van der Waals surface area contributed by atoms with E-state index in [9.17, 15) is 0 Å². The van der Waals surface area contributed by atoms with E-state index in [1.54, 1.807) is 0 Å². The standard InChI is InChI=1S/C10H14S/c11-9-5-1-2-6-10-7-3-4-8-10/h3-4,7,11H,1-2,5-6,9H2. The summed E-state index contributed by atoms with van der Waals surface area (Å²) < 4.78 is 0. The maximum absolute atomic E-state index is 4.16. The second-order valence-electron chi connectivity index (χ2n) is 2.73. The Hall–Kier alpha value is -0.390. The van der Waals surface area contributed by atoms with Gasteiger partial charge in [-0.15, -0.1) is 5.73 Å². The van der Waals surface area contributed by atoms with Crippen LogP contribution >= 0.6 is 12.6 Å². The summed E-state index contributed by atoms with van der Waals surface area (Å²) in [6.45, 7) is 0. The highest BCUT2D eigenvalue weighted by molar-refractivity contribution is 7.80. The van der Waals surface area contributed by atoms with Crippen LogP contribution in [-0.4, -0.2) is 5.75 Å². The lowest BCUT2D eigenvalue weighted by atomic mass is 10.1. The van der Waals surface area contributed by atoms with Gasteiger partial charge in [-0.25, -0.2) is 0 Å². The minimum atomic E-state index is 1.02. The van der Waals surface area contributed by atoms with E-state index in [1.165, 1.54) is 31.3 Å². The molecule has 0 aliphatic heterocycles. The zero-order valence-corrected chi connectivity index (χ0v) is 7.61. The molecular formula is C10H14S. The van der Waals surface area contributed by atoms with Crippen molar-refractivity contribution in [2.45, 2.75) is 25.7 Å². The number of allylic oxidation sites excluding steroid dienone is 3. The van der Waals surface area contributed by atoms with Crippen LogP contribution in [0.2, 0.25) is 0 Å². The first-order chi connectivity index (χ1) is 5.43. The Balaban J connectivity index is 2.04. The van der Waals surface area contributed by atoms with Crippen LogP contribution in [0.3, 0.4) is 0 Å². The zero-order chi connectivity index (χ0) is 7.94. The van der Waals surface area contributed by atoms with Gasteiger partial charge in [0.15, 0.2) is 0 Å². The lowest BCUT2D eigenvalue weighted by molar-refractivity contribution is 0.726. The molecule has 11 heavy (non-hydrogen) atoms. The summed E-state index contributed by atoms with van der Waals surface area (Å²) in [5.74, 6) is 1.02. The van der Waals surface area contributed by atoms with E-state index in [4.69, 9.17) is 0 Å². The first kappa shape index (κ1) is 8.70. The highest BCUT2D eigenvalue weighted by Crippen LogP contribution is 2.12. The second-order valence-corrected chi connectivity index (χ2v) is 3.18. The Labute approximate surface area is 74.1 Å². The fraction of sp³-hybridized carbons (Fsp3) is 0.500. The van der Waals surface area contributed by atoms with E-state index in [0.29, 0.717) is 0 Å². The molecule has 0 fully saturated rings. The molecule has 0 aromatic carbocycles. The average Bonchev–Trinajstić information content (AvgIpc) is 2.50. The topological polar surface area (TPSA) is 0 Å². The third kappa shape index (κ3) is 3.50. The van der Waals surface area contributed by atoms with Crippen molar-refractivity contribution in [3.05, 3.63) is 29.5 Å². The minimum absolute atomic E-state index is 1.02. The van der Waals surface area contributed by atoms with Crippen LogP contribution in [-0.2, 0) is 0 Å². The van der Waals surface area contributed by atoms with Gasteiger partial charge in [0, 0.05) is 0 Å². The Bertz CT molecular complexity index is 195. The van der Waals surface area contributed by atoms with Crippen molar-refractivity contribution >= 4 is 12.6 Å². The van der Waals surface area contributed by atoms with E-state index in [2.05, 4.69) is 24.4 Å².